The molecule has 168 valence electrons. The molecule has 0 spiro atoms. The van der Waals surface area contributed by atoms with Crippen LogP contribution in [-0.2, 0) is 11.3 Å². The minimum atomic E-state index is -0.369. The van der Waals surface area contributed by atoms with Crippen molar-refractivity contribution in [3.63, 3.8) is 0 Å². The second-order valence-corrected chi connectivity index (χ2v) is 9.15. The average molecular weight is 445 g/mol. The van der Waals surface area contributed by atoms with E-state index in [0.29, 0.717) is 30.0 Å². The fourth-order valence-corrected chi connectivity index (χ4v) is 4.85. The van der Waals surface area contributed by atoms with Crippen LogP contribution in [0.5, 0.6) is 0 Å². The molecular formula is C25H24FN5O2. The first-order valence-electron chi connectivity index (χ1n) is 11.4. The molecule has 1 saturated heterocycles. The van der Waals surface area contributed by atoms with Crippen molar-refractivity contribution in [1.82, 2.24) is 24.6 Å². The van der Waals surface area contributed by atoms with Crippen LogP contribution in [0.1, 0.15) is 19.3 Å². The van der Waals surface area contributed by atoms with Crippen LogP contribution in [0.4, 0.5) is 4.39 Å². The monoisotopic (exact) mass is 445 g/mol. The van der Waals surface area contributed by atoms with E-state index in [9.17, 15) is 9.59 Å². The standard InChI is InChI=1S/C25H24FN5O2/c26-21-12-19(3-5-20(21)17-4-6-22-18(11-17)7-9-27-22)23-28-29-25(33)31(23)14-15-8-10-30(13-15)24(32)16-1-2-16/h3-7,9,11-12,15-16,27H,1-2,8,10,13-14H2,(H,29,33). The van der Waals surface area contributed by atoms with Gasteiger partial charge in [-0.3, -0.25) is 9.36 Å². The molecule has 4 aromatic rings. The number of nitrogens with zero attached hydrogens (tertiary/aromatic N) is 3. The number of halogens is 1. The Balaban J connectivity index is 1.25. The lowest BCUT2D eigenvalue weighted by molar-refractivity contribution is -0.131. The lowest BCUT2D eigenvalue weighted by Gasteiger charge is -2.16. The molecule has 2 aromatic heterocycles. The molecule has 2 fully saturated rings. The highest BCUT2D eigenvalue weighted by atomic mass is 19.1. The summed E-state index contributed by atoms with van der Waals surface area (Å²) >= 11 is 0. The largest absolute Gasteiger partial charge is 0.361 e. The number of likely N-dealkylation sites (tertiary alicyclic amines) is 1. The van der Waals surface area contributed by atoms with Crippen molar-refractivity contribution in [2.24, 2.45) is 11.8 Å². The second-order valence-electron chi connectivity index (χ2n) is 9.15. The fourth-order valence-electron chi connectivity index (χ4n) is 4.85. The highest BCUT2D eigenvalue weighted by molar-refractivity contribution is 5.85. The number of hydrogen-bond acceptors (Lipinski definition) is 3. The normalized spacial score (nSPS) is 18.3. The third kappa shape index (κ3) is 3.65. The van der Waals surface area contributed by atoms with Crippen LogP contribution < -0.4 is 5.69 Å². The minimum absolute atomic E-state index is 0.180. The molecule has 33 heavy (non-hydrogen) atoms. The number of benzene rings is 2. The maximum absolute atomic E-state index is 15.1. The lowest BCUT2D eigenvalue weighted by Crippen LogP contribution is -2.31. The number of rotatable bonds is 5. The van der Waals surface area contributed by atoms with Crippen molar-refractivity contribution in [3.05, 3.63) is 65.0 Å². The van der Waals surface area contributed by atoms with Gasteiger partial charge in [-0.15, -0.1) is 0 Å². The number of aromatic nitrogens is 4. The number of H-pyrrole nitrogens is 2. The van der Waals surface area contributed by atoms with Gasteiger partial charge in [-0.1, -0.05) is 18.2 Å². The zero-order chi connectivity index (χ0) is 22.5. The van der Waals surface area contributed by atoms with E-state index in [1.54, 1.807) is 16.7 Å². The summed E-state index contributed by atoms with van der Waals surface area (Å²) < 4.78 is 16.7. The highest BCUT2D eigenvalue weighted by Gasteiger charge is 2.36. The summed E-state index contributed by atoms with van der Waals surface area (Å²) in [5.41, 5.74) is 2.51. The molecule has 1 unspecified atom stereocenters. The van der Waals surface area contributed by atoms with Crippen molar-refractivity contribution in [3.8, 4) is 22.5 Å². The van der Waals surface area contributed by atoms with Gasteiger partial charge < -0.3 is 9.88 Å². The Morgan fingerprint density at radius 1 is 1.09 bits per heavy atom. The number of carbonyl (C=O) groups excluding carboxylic acids is 1. The number of nitrogens with one attached hydrogen (secondary N) is 2. The maximum atomic E-state index is 15.1. The van der Waals surface area contributed by atoms with Gasteiger partial charge in [-0.25, -0.2) is 14.3 Å². The Morgan fingerprint density at radius 2 is 1.94 bits per heavy atom. The van der Waals surface area contributed by atoms with Crippen LogP contribution >= 0.6 is 0 Å². The third-order valence-electron chi connectivity index (χ3n) is 6.81. The molecule has 8 heteroatoms. The molecule has 7 nitrogen and oxygen atoms in total. The predicted molar refractivity (Wildman–Crippen MR) is 123 cm³/mol. The molecule has 1 aliphatic carbocycles. The lowest BCUT2D eigenvalue weighted by atomic mass is 10.0. The highest BCUT2D eigenvalue weighted by Crippen LogP contribution is 2.33. The summed E-state index contributed by atoms with van der Waals surface area (Å²) in [6.45, 7) is 1.84. The number of fused-ring (bicyclic) bond motifs is 1. The van der Waals surface area contributed by atoms with Gasteiger partial charge in [0.2, 0.25) is 5.91 Å². The Hall–Kier alpha value is -3.68. The van der Waals surface area contributed by atoms with E-state index < -0.39 is 0 Å². The molecule has 1 amide bonds. The van der Waals surface area contributed by atoms with Gasteiger partial charge in [0.1, 0.15) is 5.82 Å². The van der Waals surface area contributed by atoms with Crippen LogP contribution in [0.15, 0.2) is 53.5 Å². The van der Waals surface area contributed by atoms with E-state index in [0.717, 1.165) is 42.3 Å². The summed E-state index contributed by atoms with van der Waals surface area (Å²) in [6, 6.07) is 12.7. The van der Waals surface area contributed by atoms with Crippen LogP contribution in [-0.4, -0.2) is 43.6 Å². The smallest absolute Gasteiger partial charge is 0.343 e. The third-order valence-corrected chi connectivity index (χ3v) is 6.81. The first-order valence-corrected chi connectivity index (χ1v) is 11.4. The van der Waals surface area contributed by atoms with Crippen LogP contribution in [0.3, 0.4) is 0 Å². The first kappa shape index (κ1) is 20.0. The number of hydrogen-bond donors (Lipinski definition) is 2. The van der Waals surface area contributed by atoms with E-state index >= 15 is 4.39 Å². The van der Waals surface area contributed by atoms with E-state index in [1.165, 1.54) is 6.07 Å². The van der Waals surface area contributed by atoms with Gasteiger partial charge >= 0.3 is 5.69 Å². The summed E-state index contributed by atoms with van der Waals surface area (Å²) in [5.74, 6) is 0.673. The van der Waals surface area contributed by atoms with Gasteiger partial charge in [0, 0.05) is 48.4 Å². The van der Waals surface area contributed by atoms with Gasteiger partial charge in [-0.05, 0) is 60.4 Å². The zero-order valence-corrected chi connectivity index (χ0v) is 18.1. The quantitative estimate of drug-likeness (QED) is 0.490. The maximum Gasteiger partial charge on any atom is 0.343 e. The molecule has 1 aliphatic heterocycles. The van der Waals surface area contributed by atoms with Crippen molar-refractivity contribution >= 4 is 16.8 Å². The molecule has 1 atom stereocenters. The molecule has 2 aromatic carbocycles. The molecule has 1 saturated carbocycles. The van der Waals surface area contributed by atoms with Gasteiger partial charge in [0.05, 0.1) is 0 Å². The Kier molecular flexibility index (Phi) is 4.67. The summed E-state index contributed by atoms with van der Waals surface area (Å²) in [7, 11) is 0. The van der Waals surface area contributed by atoms with Crippen LogP contribution in [0, 0.1) is 17.7 Å². The van der Waals surface area contributed by atoms with Crippen molar-refractivity contribution < 1.29 is 9.18 Å². The van der Waals surface area contributed by atoms with Crippen LogP contribution in [0.25, 0.3) is 33.4 Å². The van der Waals surface area contributed by atoms with Crippen LogP contribution in [0.2, 0.25) is 0 Å². The molecule has 3 heterocycles. The van der Waals surface area contributed by atoms with Gasteiger partial charge in [0.15, 0.2) is 5.82 Å². The Bertz CT molecular complexity index is 1410. The predicted octanol–water partition coefficient (Wildman–Crippen LogP) is 3.78. The zero-order valence-electron chi connectivity index (χ0n) is 18.1. The van der Waals surface area contributed by atoms with E-state index in [4.69, 9.17) is 0 Å². The fraction of sp³-hybridized carbons (Fsp3) is 0.320. The van der Waals surface area contributed by atoms with Crippen molar-refractivity contribution in [2.45, 2.75) is 25.8 Å². The van der Waals surface area contributed by atoms with Gasteiger partial charge in [0.25, 0.3) is 0 Å². The van der Waals surface area contributed by atoms with E-state index in [1.807, 2.05) is 35.4 Å². The molecule has 0 bridgehead atoms. The molecule has 2 aliphatic rings. The summed E-state index contributed by atoms with van der Waals surface area (Å²) in [5, 5.41) is 7.69. The number of carbonyl (C=O) groups is 1. The molecule has 2 N–H and O–H groups in total. The van der Waals surface area contributed by atoms with Gasteiger partial charge in [-0.2, -0.15) is 5.10 Å². The van der Waals surface area contributed by atoms with Crippen molar-refractivity contribution in [2.75, 3.05) is 13.1 Å². The minimum Gasteiger partial charge on any atom is -0.361 e. The average Bonchev–Trinajstić information content (AvgIpc) is 3.21. The topological polar surface area (TPSA) is 86.8 Å². The number of aromatic amines is 2. The molecule has 6 rings (SSSR count). The molecule has 0 radical (unpaired) electrons. The Labute approximate surface area is 189 Å². The Morgan fingerprint density at radius 3 is 2.76 bits per heavy atom. The summed E-state index contributed by atoms with van der Waals surface area (Å²) in [6.07, 6.45) is 4.69. The van der Waals surface area contributed by atoms with E-state index in [-0.39, 0.29) is 29.2 Å². The summed E-state index contributed by atoms with van der Waals surface area (Å²) in [4.78, 5) is 29.9. The molecular weight excluding hydrogens is 421 g/mol. The number of amides is 1. The van der Waals surface area contributed by atoms with E-state index in [2.05, 4.69) is 15.2 Å². The SMILES string of the molecule is O=C(C1CC1)N1CCC(Cn2c(-c3ccc(-c4ccc5[nH]ccc5c4)c(F)c3)n[nH]c2=O)C1. The first-order chi connectivity index (χ1) is 16.1. The van der Waals surface area contributed by atoms with Crippen molar-refractivity contribution in [1.29, 1.82) is 0 Å². The second kappa shape index (κ2) is 7.72.